The number of ether oxygens (including phenoxy) is 1. The lowest BCUT2D eigenvalue weighted by Crippen LogP contribution is -2.39. The number of amides is 1. The number of carbonyl (C=O) groups is 1. The van der Waals surface area contributed by atoms with Gasteiger partial charge in [0.15, 0.2) is 0 Å². The first-order chi connectivity index (χ1) is 16.0. The summed E-state index contributed by atoms with van der Waals surface area (Å²) in [6.45, 7) is 8.80. The van der Waals surface area contributed by atoms with Crippen molar-refractivity contribution in [3.05, 3.63) is 53.8 Å². The van der Waals surface area contributed by atoms with Gasteiger partial charge in [-0.05, 0) is 68.1 Å². The van der Waals surface area contributed by atoms with Crippen molar-refractivity contribution in [1.82, 2.24) is 5.32 Å². The van der Waals surface area contributed by atoms with Crippen LogP contribution in [0.15, 0.2) is 42.5 Å². The predicted octanol–water partition coefficient (Wildman–Crippen LogP) is 5.64. The normalized spacial score (nSPS) is 15.8. The Bertz CT molecular complexity index is 899. The van der Waals surface area contributed by atoms with E-state index >= 15 is 4.39 Å². The summed E-state index contributed by atoms with van der Waals surface area (Å²) in [4.78, 5) is 16.5. The zero-order valence-electron chi connectivity index (χ0n) is 20.4. The number of rotatable bonds is 11. The summed E-state index contributed by atoms with van der Waals surface area (Å²) in [6, 6.07) is 13.1. The Morgan fingerprint density at radius 3 is 2.55 bits per heavy atom. The van der Waals surface area contributed by atoms with Gasteiger partial charge in [0.25, 0.3) is 5.91 Å². The molecular formula is C27H38FN3O2. The van der Waals surface area contributed by atoms with Crippen LogP contribution >= 0.6 is 0 Å². The second-order valence-corrected chi connectivity index (χ2v) is 8.84. The fourth-order valence-electron chi connectivity index (χ4n) is 4.27. The number of nitrogens with one attached hydrogen (secondary N) is 1. The third kappa shape index (κ3) is 6.47. The van der Waals surface area contributed by atoms with E-state index in [0.717, 1.165) is 50.9 Å². The van der Waals surface area contributed by atoms with E-state index in [1.807, 2.05) is 6.07 Å². The van der Waals surface area contributed by atoms with Gasteiger partial charge in [0, 0.05) is 43.5 Å². The van der Waals surface area contributed by atoms with Gasteiger partial charge >= 0.3 is 0 Å². The van der Waals surface area contributed by atoms with Gasteiger partial charge in [-0.15, -0.1) is 0 Å². The van der Waals surface area contributed by atoms with Crippen LogP contribution in [0.2, 0.25) is 0 Å². The van der Waals surface area contributed by atoms with Crippen molar-refractivity contribution in [2.24, 2.45) is 0 Å². The molecule has 2 aromatic carbocycles. The molecule has 0 aromatic heterocycles. The van der Waals surface area contributed by atoms with Crippen LogP contribution < -0.4 is 19.9 Å². The number of hydrogen-bond donors (Lipinski definition) is 1. The standard InChI is InChI=1S/C27H38FN3O2/c1-5-8-17-33-24-12-9-20(10-13-24)27(32)30(4)23-11-14-26(25(28)18-23)31-16-15-22(19-31)29-21(6-2)7-3/h9-14,18,21-22,29H,5-8,15-17,19H2,1-4H3. The van der Waals surface area contributed by atoms with Gasteiger partial charge in [0.05, 0.1) is 12.3 Å². The molecule has 1 atom stereocenters. The van der Waals surface area contributed by atoms with Gasteiger partial charge in [0.2, 0.25) is 0 Å². The van der Waals surface area contributed by atoms with E-state index in [-0.39, 0.29) is 11.7 Å². The Kier molecular flexibility index (Phi) is 9.12. The van der Waals surface area contributed by atoms with E-state index in [4.69, 9.17) is 4.74 Å². The Morgan fingerprint density at radius 2 is 1.91 bits per heavy atom. The molecule has 180 valence electrons. The first-order valence-electron chi connectivity index (χ1n) is 12.3. The lowest BCUT2D eigenvalue weighted by atomic mass is 10.1. The molecule has 1 N–H and O–H groups in total. The summed E-state index contributed by atoms with van der Waals surface area (Å²) in [6.07, 6.45) is 5.28. The Hall–Kier alpha value is -2.60. The number of unbranched alkanes of at least 4 members (excludes halogenated alkanes) is 1. The topological polar surface area (TPSA) is 44.8 Å². The van der Waals surface area contributed by atoms with Gasteiger partial charge in [-0.3, -0.25) is 4.79 Å². The summed E-state index contributed by atoms with van der Waals surface area (Å²) in [5.41, 5.74) is 1.68. The van der Waals surface area contributed by atoms with Crippen molar-refractivity contribution in [2.45, 2.75) is 65.0 Å². The first-order valence-corrected chi connectivity index (χ1v) is 12.3. The van der Waals surface area contributed by atoms with Crippen molar-refractivity contribution < 1.29 is 13.9 Å². The van der Waals surface area contributed by atoms with Gasteiger partial charge in [0.1, 0.15) is 11.6 Å². The number of anilines is 2. The molecule has 3 rings (SSSR count). The molecule has 1 heterocycles. The Balaban J connectivity index is 1.62. The highest BCUT2D eigenvalue weighted by Gasteiger charge is 2.26. The van der Waals surface area contributed by atoms with E-state index in [2.05, 4.69) is 31.0 Å². The Labute approximate surface area is 197 Å². The lowest BCUT2D eigenvalue weighted by Gasteiger charge is -2.24. The number of hydrogen-bond acceptors (Lipinski definition) is 4. The fraction of sp³-hybridized carbons (Fsp3) is 0.519. The van der Waals surface area contributed by atoms with E-state index in [1.54, 1.807) is 37.4 Å². The molecule has 0 saturated carbocycles. The quantitative estimate of drug-likeness (QED) is 0.446. The van der Waals surface area contributed by atoms with Gasteiger partial charge in [-0.1, -0.05) is 27.2 Å². The molecule has 1 amide bonds. The molecule has 33 heavy (non-hydrogen) atoms. The van der Waals surface area contributed by atoms with Crippen molar-refractivity contribution in [3.63, 3.8) is 0 Å². The van der Waals surface area contributed by atoms with Gasteiger partial charge < -0.3 is 19.9 Å². The molecule has 5 nitrogen and oxygen atoms in total. The SMILES string of the molecule is CCCCOc1ccc(C(=O)N(C)c2ccc(N3CCC(NC(CC)CC)C3)c(F)c2)cc1. The maximum absolute atomic E-state index is 15.0. The summed E-state index contributed by atoms with van der Waals surface area (Å²) >= 11 is 0. The zero-order valence-corrected chi connectivity index (χ0v) is 20.4. The molecule has 0 aliphatic carbocycles. The molecule has 0 spiro atoms. The molecule has 2 aromatic rings. The van der Waals surface area contributed by atoms with Crippen LogP contribution in [0, 0.1) is 5.82 Å². The molecule has 1 fully saturated rings. The third-order valence-corrected chi connectivity index (χ3v) is 6.48. The average Bonchev–Trinajstić information content (AvgIpc) is 3.30. The van der Waals surface area contributed by atoms with E-state index < -0.39 is 0 Å². The maximum Gasteiger partial charge on any atom is 0.258 e. The van der Waals surface area contributed by atoms with Crippen LogP contribution in [0.4, 0.5) is 15.8 Å². The zero-order chi connectivity index (χ0) is 23.8. The monoisotopic (exact) mass is 455 g/mol. The van der Waals surface area contributed by atoms with E-state index in [9.17, 15) is 4.79 Å². The van der Waals surface area contributed by atoms with Crippen molar-refractivity contribution in [1.29, 1.82) is 0 Å². The molecule has 1 aliphatic rings. The number of halogens is 1. The molecule has 0 bridgehead atoms. The second-order valence-electron chi connectivity index (χ2n) is 8.84. The van der Waals surface area contributed by atoms with Crippen LogP contribution in [0.25, 0.3) is 0 Å². The molecule has 1 unspecified atom stereocenters. The summed E-state index contributed by atoms with van der Waals surface area (Å²) in [7, 11) is 1.67. The van der Waals surface area contributed by atoms with Crippen molar-refractivity contribution in [2.75, 3.05) is 36.5 Å². The van der Waals surface area contributed by atoms with Crippen molar-refractivity contribution in [3.8, 4) is 5.75 Å². The van der Waals surface area contributed by atoms with Crippen molar-refractivity contribution >= 4 is 17.3 Å². The minimum absolute atomic E-state index is 0.183. The molecule has 1 aliphatic heterocycles. The summed E-state index contributed by atoms with van der Waals surface area (Å²) in [5.74, 6) is 0.272. The highest BCUT2D eigenvalue weighted by Crippen LogP contribution is 2.28. The molecule has 0 radical (unpaired) electrons. The maximum atomic E-state index is 15.0. The van der Waals surface area contributed by atoms with E-state index in [0.29, 0.717) is 35.6 Å². The largest absolute Gasteiger partial charge is 0.494 e. The van der Waals surface area contributed by atoms with Crippen LogP contribution in [0.1, 0.15) is 63.2 Å². The fourth-order valence-corrected chi connectivity index (χ4v) is 4.27. The third-order valence-electron chi connectivity index (χ3n) is 6.48. The molecule has 6 heteroatoms. The lowest BCUT2D eigenvalue weighted by molar-refractivity contribution is 0.0993. The number of carbonyl (C=O) groups excluding carboxylic acids is 1. The van der Waals surface area contributed by atoms with Crippen LogP contribution in [-0.2, 0) is 0 Å². The minimum atomic E-state index is -0.296. The first kappa shape index (κ1) is 25.0. The van der Waals surface area contributed by atoms with Gasteiger partial charge in [-0.2, -0.15) is 0 Å². The minimum Gasteiger partial charge on any atom is -0.494 e. The van der Waals surface area contributed by atoms with Crippen LogP contribution in [-0.4, -0.2) is 44.7 Å². The summed E-state index contributed by atoms with van der Waals surface area (Å²) in [5, 5.41) is 3.69. The summed E-state index contributed by atoms with van der Waals surface area (Å²) < 4.78 is 20.7. The second kappa shape index (κ2) is 12.0. The van der Waals surface area contributed by atoms with Crippen LogP contribution in [0.5, 0.6) is 5.75 Å². The predicted molar refractivity (Wildman–Crippen MR) is 134 cm³/mol. The highest BCUT2D eigenvalue weighted by molar-refractivity contribution is 6.05. The van der Waals surface area contributed by atoms with E-state index in [1.165, 1.54) is 11.0 Å². The molecule has 1 saturated heterocycles. The smallest absolute Gasteiger partial charge is 0.258 e. The van der Waals surface area contributed by atoms with Crippen LogP contribution in [0.3, 0.4) is 0 Å². The van der Waals surface area contributed by atoms with Gasteiger partial charge in [-0.25, -0.2) is 4.39 Å². The average molecular weight is 456 g/mol. The molecular weight excluding hydrogens is 417 g/mol. The number of benzene rings is 2. The highest BCUT2D eigenvalue weighted by atomic mass is 19.1. The number of nitrogens with zero attached hydrogens (tertiary/aromatic N) is 2. The Morgan fingerprint density at radius 1 is 1.18 bits per heavy atom.